The van der Waals surface area contributed by atoms with Crippen molar-refractivity contribution in [1.29, 1.82) is 0 Å². The smallest absolute Gasteiger partial charge is 0.331 e. The van der Waals surface area contributed by atoms with Gasteiger partial charge in [-0.2, -0.15) is 0 Å². The number of aliphatic carboxylic acids is 1. The molecule has 32 heavy (non-hydrogen) atoms. The number of amides is 2. The molecule has 0 saturated carbocycles. The molecular weight excluding hydrogens is 440 g/mol. The van der Waals surface area contributed by atoms with Crippen molar-refractivity contribution in [3.05, 3.63) is 35.4 Å². The maximum atomic E-state index is 13.5. The summed E-state index contributed by atoms with van der Waals surface area (Å²) in [6, 6.07) is 4.61. The van der Waals surface area contributed by atoms with Gasteiger partial charge in [0.25, 0.3) is 11.8 Å². The predicted molar refractivity (Wildman–Crippen MR) is 115 cm³/mol. The van der Waals surface area contributed by atoms with Crippen molar-refractivity contribution in [2.45, 2.75) is 44.1 Å². The Bertz CT molecular complexity index is 882. The summed E-state index contributed by atoms with van der Waals surface area (Å²) in [6.07, 6.45) is -1.29. The number of benzene rings is 1. The van der Waals surface area contributed by atoms with Crippen LogP contribution in [0.15, 0.2) is 24.3 Å². The summed E-state index contributed by atoms with van der Waals surface area (Å²) >= 11 is 0.898. The van der Waals surface area contributed by atoms with E-state index < -0.39 is 41.4 Å². The predicted octanol–water partition coefficient (Wildman–Crippen LogP) is 1.07. The van der Waals surface area contributed by atoms with Crippen LogP contribution in [0.5, 0.6) is 0 Å². The van der Waals surface area contributed by atoms with Crippen LogP contribution in [0.3, 0.4) is 0 Å². The van der Waals surface area contributed by atoms with Crippen molar-refractivity contribution < 1.29 is 38.6 Å². The van der Waals surface area contributed by atoms with Gasteiger partial charge in [-0.15, -0.1) is 0 Å². The minimum Gasteiger partial charge on any atom is -0.480 e. The number of rotatable bonds is 12. The molecule has 1 aliphatic rings. The number of nitrogens with zero attached hydrogens (tertiary/aromatic N) is 1. The Balaban J connectivity index is 2.41. The molecule has 174 valence electrons. The van der Waals surface area contributed by atoms with E-state index in [9.17, 15) is 29.1 Å². The van der Waals surface area contributed by atoms with Crippen molar-refractivity contribution >= 4 is 40.4 Å². The number of Topliss-reactive ketones (excluding diaryl/α,β-unsaturated/α-hetero) is 1. The van der Waals surface area contributed by atoms with E-state index in [0.29, 0.717) is 0 Å². The molecule has 1 aromatic rings. The van der Waals surface area contributed by atoms with Gasteiger partial charge in [-0.3, -0.25) is 24.1 Å². The lowest BCUT2D eigenvalue weighted by Crippen LogP contribution is -2.62. The van der Waals surface area contributed by atoms with Gasteiger partial charge in [0, 0.05) is 33.3 Å². The number of ketones is 1. The molecule has 0 radical (unpaired) electrons. The third-order valence-corrected chi connectivity index (χ3v) is 6.10. The molecule has 2 atom stereocenters. The summed E-state index contributed by atoms with van der Waals surface area (Å²) < 4.78 is 10.1. The zero-order valence-electron chi connectivity index (χ0n) is 18.0. The molecule has 0 fully saturated rings. The van der Waals surface area contributed by atoms with Gasteiger partial charge < -0.3 is 20.3 Å². The Labute approximate surface area is 189 Å². The van der Waals surface area contributed by atoms with Crippen LogP contribution in [0.2, 0.25) is 0 Å². The van der Waals surface area contributed by atoms with E-state index in [1.807, 2.05) is 0 Å². The number of hydrogen-bond donors (Lipinski definition) is 2. The molecule has 2 rings (SSSR count). The molecule has 1 aliphatic heterocycles. The molecule has 0 aromatic heterocycles. The van der Waals surface area contributed by atoms with Gasteiger partial charge in [0.15, 0.2) is 22.7 Å². The molecule has 2 unspecified atom stereocenters. The first-order valence-electron chi connectivity index (χ1n) is 9.81. The average molecular weight is 467 g/mol. The quantitative estimate of drug-likeness (QED) is 0.260. The number of hydrogen-bond acceptors (Lipinski definition) is 9. The number of carboxylic acid groups (broad SMARTS) is 1. The fraction of sp³-hybridized carbons (Fsp3) is 0.476. The van der Waals surface area contributed by atoms with E-state index in [4.69, 9.17) is 15.2 Å². The van der Waals surface area contributed by atoms with Crippen LogP contribution in [-0.4, -0.2) is 76.5 Å². The van der Waals surface area contributed by atoms with E-state index in [1.165, 1.54) is 33.3 Å². The standard InChI is InChI=1S/C21H26N2O8S/c1-12(24)32-11-9-15(23-18(26)13-6-4-5-7-14(13)19(23)27)17(25)21(22,20(28)29)10-8-16(30-2)31-3/h4-7,15-16H,8-11,22H2,1-3H3,(H,28,29). The van der Waals surface area contributed by atoms with E-state index in [1.54, 1.807) is 12.1 Å². The second-order valence-corrected chi connectivity index (χ2v) is 8.52. The molecule has 0 bridgehead atoms. The zero-order valence-corrected chi connectivity index (χ0v) is 18.8. The van der Waals surface area contributed by atoms with Crippen LogP contribution in [0.25, 0.3) is 0 Å². The summed E-state index contributed by atoms with van der Waals surface area (Å²) in [5, 5.41) is 9.57. The second kappa shape index (κ2) is 10.8. The van der Waals surface area contributed by atoms with Gasteiger partial charge in [-0.1, -0.05) is 23.9 Å². The van der Waals surface area contributed by atoms with Crippen LogP contribution < -0.4 is 5.73 Å². The first-order valence-corrected chi connectivity index (χ1v) is 10.8. The van der Waals surface area contributed by atoms with E-state index in [-0.39, 0.29) is 41.3 Å². The molecule has 10 nitrogen and oxygen atoms in total. The van der Waals surface area contributed by atoms with Gasteiger partial charge in [-0.05, 0) is 25.0 Å². The average Bonchev–Trinajstić information content (AvgIpc) is 3.01. The van der Waals surface area contributed by atoms with Gasteiger partial charge in [0.2, 0.25) is 0 Å². The molecule has 0 saturated heterocycles. The Kier molecular flexibility index (Phi) is 8.67. The molecule has 11 heteroatoms. The van der Waals surface area contributed by atoms with Gasteiger partial charge >= 0.3 is 5.97 Å². The lowest BCUT2D eigenvalue weighted by atomic mass is 9.84. The number of nitrogens with two attached hydrogens (primary N) is 1. The molecule has 3 N–H and O–H groups in total. The number of carboxylic acids is 1. The van der Waals surface area contributed by atoms with E-state index in [2.05, 4.69) is 0 Å². The molecule has 0 aliphatic carbocycles. The molecule has 2 amide bonds. The Hall–Kier alpha value is -2.60. The Morgan fingerprint density at radius 3 is 2.06 bits per heavy atom. The first-order chi connectivity index (χ1) is 15.1. The maximum Gasteiger partial charge on any atom is 0.331 e. The van der Waals surface area contributed by atoms with Crippen LogP contribution in [0, 0.1) is 0 Å². The van der Waals surface area contributed by atoms with Crippen molar-refractivity contribution in [1.82, 2.24) is 4.90 Å². The Morgan fingerprint density at radius 1 is 1.09 bits per heavy atom. The highest BCUT2D eigenvalue weighted by Gasteiger charge is 2.51. The van der Waals surface area contributed by atoms with Crippen molar-refractivity contribution in [2.24, 2.45) is 5.73 Å². The first kappa shape index (κ1) is 25.7. The van der Waals surface area contributed by atoms with Crippen LogP contribution in [0.4, 0.5) is 0 Å². The third kappa shape index (κ3) is 5.23. The fourth-order valence-corrected chi connectivity index (χ4v) is 4.12. The van der Waals surface area contributed by atoms with Crippen LogP contribution in [-0.2, 0) is 23.9 Å². The number of carbonyl (C=O) groups excluding carboxylic acids is 4. The summed E-state index contributed by atoms with van der Waals surface area (Å²) in [5.41, 5.74) is 3.88. The summed E-state index contributed by atoms with van der Waals surface area (Å²) in [4.78, 5) is 63.6. The van der Waals surface area contributed by atoms with Gasteiger partial charge in [0.05, 0.1) is 11.1 Å². The highest BCUT2D eigenvalue weighted by molar-refractivity contribution is 8.13. The fourth-order valence-electron chi connectivity index (χ4n) is 3.49. The number of thioether (sulfide) groups is 1. The maximum absolute atomic E-state index is 13.5. The number of fused-ring (bicyclic) bond motifs is 1. The van der Waals surface area contributed by atoms with Gasteiger partial charge in [0.1, 0.15) is 6.04 Å². The monoisotopic (exact) mass is 466 g/mol. The van der Waals surface area contributed by atoms with Crippen molar-refractivity contribution in [3.63, 3.8) is 0 Å². The summed E-state index contributed by atoms with van der Waals surface area (Å²) in [5.74, 6) is -3.94. The molecular formula is C21H26N2O8S. The normalized spacial score (nSPS) is 16.1. The molecule has 0 spiro atoms. The highest BCUT2D eigenvalue weighted by atomic mass is 32.2. The molecule has 1 heterocycles. The van der Waals surface area contributed by atoms with Gasteiger partial charge in [-0.25, -0.2) is 4.79 Å². The number of imide groups is 1. The number of carbonyl (C=O) groups is 5. The number of methoxy groups -OCH3 is 2. The van der Waals surface area contributed by atoms with Crippen molar-refractivity contribution in [2.75, 3.05) is 20.0 Å². The lowest BCUT2D eigenvalue weighted by molar-refractivity contribution is -0.152. The second-order valence-electron chi connectivity index (χ2n) is 7.25. The highest BCUT2D eigenvalue weighted by Crippen LogP contribution is 2.29. The van der Waals surface area contributed by atoms with Crippen molar-refractivity contribution in [3.8, 4) is 0 Å². The Morgan fingerprint density at radius 2 is 1.62 bits per heavy atom. The SMILES string of the molecule is COC(CCC(N)(C(=O)O)C(=O)C(CCSC(C)=O)N1C(=O)c2ccccc2C1=O)OC. The van der Waals surface area contributed by atoms with Crippen LogP contribution in [0.1, 0.15) is 46.9 Å². The van der Waals surface area contributed by atoms with Crippen LogP contribution >= 0.6 is 11.8 Å². The largest absolute Gasteiger partial charge is 0.480 e. The summed E-state index contributed by atoms with van der Waals surface area (Å²) in [6.45, 7) is 1.34. The third-order valence-electron chi connectivity index (χ3n) is 5.26. The minimum atomic E-state index is -2.41. The minimum absolute atomic E-state index is 0.0153. The van der Waals surface area contributed by atoms with E-state index in [0.717, 1.165) is 16.7 Å². The molecule has 1 aromatic carbocycles. The lowest BCUT2D eigenvalue weighted by Gasteiger charge is -2.32. The topological polar surface area (TPSA) is 153 Å². The zero-order chi connectivity index (χ0) is 24.1. The number of ether oxygens (including phenoxy) is 2. The van der Waals surface area contributed by atoms with E-state index >= 15 is 0 Å². The summed E-state index contributed by atoms with van der Waals surface area (Å²) in [7, 11) is 2.71.